The highest BCUT2D eigenvalue weighted by Crippen LogP contribution is 2.17. The molecule has 0 radical (unpaired) electrons. The molecular formula is C9H17N3O2. The van der Waals surface area contributed by atoms with E-state index in [0.29, 0.717) is 12.6 Å². The van der Waals surface area contributed by atoms with E-state index in [9.17, 15) is 9.90 Å². The third-order valence-electron chi connectivity index (χ3n) is 2.78. The molecule has 0 aromatic rings. The molecule has 14 heavy (non-hydrogen) atoms. The lowest BCUT2D eigenvalue weighted by atomic mass is 10.2. The van der Waals surface area contributed by atoms with E-state index in [1.807, 2.05) is 4.90 Å². The Morgan fingerprint density at radius 1 is 1.71 bits per heavy atom. The monoisotopic (exact) mass is 199 g/mol. The summed E-state index contributed by atoms with van der Waals surface area (Å²) in [5.74, 6) is 0. The predicted octanol–water partition coefficient (Wildman–Crippen LogP) is -0.923. The smallest absolute Gasteiger partial charge is 0.320 e. The minimum atomic E-state index is -0.437. The van der Waals surface area contributed by atoms with Crippen molar-refractivity contribution in [3.63, 3.8) is 0 Å². The second-order valence-electron chi connectivity index (χ2n) is 4.09. The Kier molecular flexibility index (Phi) is 2.60. The molecule has 0 aliphatic carbocycles. The zero-order valence-electron chi connectivity index (χ0n) is 8.44. The van der Waals surface area contributed by atoms with Gasteiger partial charge in [0.25, 0.3) is 0 Å². The number of nitrogens with zero attached hydrogens (tertiary/aromatic N) is 2. The van der Waals surface area contributed by atoms with Crippen LogP contribution in [0.3, 0.4) is 0 Å². The third-order valence-corrected chi connectivity index (χ3v) is 2.78. The van der Waals surface area contributed by atoms with Crippen molar-refractivity contribution in [2.24, 2.45) is 0 Å². The largest absolute Gasteiger partial charge is 0.392 e. The van der Waals surface area contributed by atoms with E-state index in [1.165, 1.54) is 0 Å². The highest BCUT2D eigenvalue weighted by Gasteiger charge is 2.38. The molecular weight excluding hydrogens is 182 g/mol. The summed E-state index contributed by atoms with van der Waals surface area (Å²) in [6, 6.07) is 0.382. The molecule has 2 amide bonds. The third kappa shape index (κ3) is 1.69. The van der Waals surface area contributed by atoms with Crippen LogP contribution in [0.15, 0.2) is 0 Å². The van der Waals surface area contributed by atoms with E-state index >= 15 is 0 Å². The molecule has 2 aliphatic heterocycles. The first-order chi connectivity index (χ1) is 6.68. The van der Waals surface area contributed by atoms with Gasteiger partial charge in [-0.05, 0) is 6.92 Å². The highest BCUT2D eigenvalue weighted by atomic mass is 16.3. The van der Waals surface area contributed by atoms with Gasteiger partial charge >= 0.3 is 6.03 Å². The SMILES string of the molecule is CC(O)CN1CC2CNCCN2C1=O. The van der Waals surface area contributed by atoms with Gasteiger partial charge in [-0.1, -0.05) is 0 Å². The van der Waals surface area contributed by atoms with Gasteiger partial charge in [-0.2, -0.15) is 0 Å². The molecule has 2 fully saturated rings. The van der Waals surface area contributed by atoms with Crippen molar-refractivity contribution in [2.75, 3.05) is 32.7 Å². The fourth-order valence-corrected chi connectivity index (χ4v) is 2.16. The van der Waals surface area contributed by atoms with E-state index in [2.05, 4.69) is 5.32 Å². The number of carbonyl (C=O) groups excluding carboxylic acids is 1. The Labute approximate surface area is 83.7 Å². The first-order valence-corrected chi connectivity index (χ1v) is 5.13. The van der Waals surface area contributed by atoms with Crippen LogP contribution in [-0.4, -0.2) is 65.8 Å². The molecule has 2 unspecified atom stereocenters. The van der Waals surface area contributed by atoms with Gasteiger partial charge in [0, 0.05) is 32.7 Å². The molecule has 2 rings (SSSR count). The van der Waals surface area contributed by atoms with Crippen LogP contribution in [-0.2, 0) is 0 Å². The number of fused-ring (bicyclic) bond motifs is 1. The number of carbonyl (C=O) groups is 1. The molecule has 2 atom stereocenters. The fourth-order valence-electron chi connectivity index (χ4n) is 2.16. The Bertz CT molecular complexity index is 232. The predicted molar refractivity (Wildman–Crippen MR) is 52.0 cm³/mol. The van der Waals surface area contributed by atoms with Gasteiger partial charge in [0.15, 0.2) is 0 Å². The van der Waals surface area contributed by atoms with Crippen molar-refractivity contribution >= 4 is 6.03 Å². The van der Waals surface area contributed by atoms with Crippen molar-refractivity contribution in [3.8, 4) is 0 Å². The number of rotatable bonds is 2. The van der Waals surface area contributed by atoms with Crippen LogP contribution in [0, 0.1) is 0 Å². The molecule has 5 heteroatoms. The molecule has 2 aliphatic rings. The lowest BCUT2D eigenvalue weighted by Crippen LogP contribution is -2.49. The molecule has 5 nitrogen and oxygen atoms in total. The first kappa shape index (κ1) is 9.73. The van der Waals surface area contributed by atoms with E-state index in [1.54, 1.807) is 11.8 Å². The topological polar surface area (TPSA) is 55.8 Å². The zero-order valence-corrected chi connectivity index (χ0v) is 8.44. The number of hydrogen-bond donors (Lipinski definition) is 2. The van der Waals surface area contributed by atoms with E-state index in [4.69, 9.17) is 0 Å². The van der Waals surface area contributed by atoms with Gasteiger partial charge in [0.1, 0.15) is 0 Å². The number of β-amino-alcohol motifs (C(OH)–C–C–N with tert-alkyl or cyclic N) is 1. The second-order valence-corrected chi connectivity index (χ2v) is 4.09. The molecule has 2 heterocycles. The van der Waals surface area contributed by atoms with Gasteiger partial charge < -0.3 is 20.2 Å². The molecule has 0 aromatic heterocycles. The maximum atomic E-state index is 11.8. The van der Waals surface area contributed by atoms with Crippen LogP contribution in [0.2, 0.25) is 0 Å². The summed E-state index contributed by atoms with van der Waals surface area (Å²) in [7, 11) is 0. The summed E-state index contributed by atoms with van der Waals surface area (Å²) in [6.07, 6.45) is -0.437. The van der Waals surface area contributed by atoms with Gasteiger partial charge in [-0.3, -0.25) is 0 Å². The van der Waals surface area contributed by atoms with Crippen LogP contribution in [0.25, 0.3) is 0 Å². The number of aliphatic hydroxyl groups excluding tert-OH is 1. The fraction of sp³-hybridized carbons (Fsp3) is 0.889. The van der Waals surface area contributed by atoms with Crippen molar-refractivity contribution in [1.29, 1.82) is 0 Å². The lowest BCUT2D eigenvalue weighted by Gasteiger charge is -2.28. The zero-order chi connectivity index (χ0) is 10.1. The maximum Gasteiger partial charge on any atom is 0.320 e. The van der Waals surface area contributed by atoms with Crippen LogP contribution in [0.5, 0.6) is 0 Å². The highest BCUT2D eigenvalue weighted by molar-refractivity contribution is 5.77. The number of hydrogen-bond acceptors (Lipinski definition) is 3. The average molecular weight is 199 g/mol. The van der Waals surface area contributed by atoms with Crippen LogP contribution >= 0.6 is 0 Å². The minimum absolute atomic E-state index is 0.0809. The number of nitrogens with one attached hydrogen (secondary N) is 1. The Morgan fingerprint density at radius 2 is 2.50 bits per heavy atom. The van der Waals surface area contributed by atoms with E-state index in [-0.39, 0.29) is 6.03 Å². The number of urea groups is 1. The maximum absolute atomic E-state index is 11.8. The van der Waals surface area contributed by atoms with E-state index in [0.717, 1.165) is 26.2 Å². The first-order valence-electron chi connectivity index (χ1n) is 5.13. The summed E-state index contributed by atoms with van der Waals surface area (Å²) in [4.78, 5) is 15.4. The minimum Gasteiger partial charge on any atom is -0.392 e. The molecule has 2 saturated heterocycles. The molecule has 0 aromatic carbocycles. The average Bonchev–Trinajstić information content (AvgIpc) is 2.44. The number of amides is 2. The van der Waals surface area contributed by atoms with Crippen molar-refractivity contribution < 1.29 is 9.90 Å². The number of aliphatic hydroxyl groups is 1. The Hall–Kier alpha value is -0.810. The number of piperazine rings is 1. The van der Waals surface area contributed by atoms with Gasteiger partial charge in [-0.25, -0.2) is 4.79 Å². The van der Waals surface area contributed by atoms with Crippen molar-refractivity contribution in [1.82, 2.24) is 15.1 Å². The standard InChI is InChI=1S/C9H17N3O2/c1-7(13)5-11-6-8-4-10-2-3-12(8)9(11)14/h7-8,10,13H,2-6H2,1H3. The van der Waals surface area contributed by atoms with Crippen molar-refractivity contribution in [2.45, 2.75) is 19.1 Å². The van der Waals surface area contributed by atoms with E-state index < -0.39 is 6.10 Å². The summed E-state index contributed by atoms with van der Waals surface area (Å²) in [5, 5.41) is 12.5. The normalized spacial score (nSPS) is 29.3. The molecule has 2 N–H and O–H groups in total. The van der Waals surface area contributed by atoms with Gasteiger partial charge in [-0.15, -0.1) is 0 Å². The van der Waals surface area contributed by atoms with Crippen LogP contribution in [0.1, 0.15) is 6.92 Å². The Morgan fingerprint density at radius 3 is 3.14 bits per heavy atom. The van der Waals surface area contributed by atoms with Crippen LogP contribution in [0.4, 0.5) is 4.79 Å². The molecule has 0 bridgehead atoms. The molecule has 80 valence electrons. The molecule has 0 saturated carbocycles. The lowest BCUT2D eigenvalue weighted by molar-refractivity contribution is 0.139. The van der Waals surface area contributed by atoms with Gasteiger partial charge in [0.2, 0.25) is 0 Å². The quantitative estimate of drug-likeness (QED) is 0.604. The summed E-state index contributed by atoms with van der Waals surface area (Å²) < 4.78 is 0. The van der Waals surface area contributed by atoms with Crippen LogP contribution < -0.4 is 5.32 Å². The second kappa shape index (κ2) is 3.74. The van der Waals surface area contributed by atoms with Crippen molar-refractivity contribution in [3.05, 3.63) is 0 Å². The summed E-state index contributed by atoms with van der Waals surface area (Å²) in [5.41, 5.74) is 0. The summed E-state index contributed by atoms with van der Waals surface area (Å²) >= 11 is 0. The molecule has 0 spiro atoms. The van der Waals surface area contributed by atoms with Gasteiger partial charge in [0.05, 0.1) is 12.1 Å². The Balaban J connectivity index is 1.99. The summed E-state index contributed by atoms with van der Waals surface area (Å²) in [6.45, 7) is 5.46.